The van der Waals surface area contributed by atoms with Crippen LogP contribution in [0.1, 0.15) is 316 Å². The number of aliphatic hydroxyl groups is 11. The SMILES string of the molecule is CCCCCCCCCCCCCCCCCCCCCCCCCCCCCCCC/C=C/C(O)C(COC1OC(CO)C(OC2OC(CO)C(OC3OC(CO)C(O)C(O)C3O)C(O)C2O)C(O)C1O)NC(=O)CCCCCCCCCCCCCCCCC. The second kappa shape index (κ2) is 55.4. The number of nitrogens with one attached hydrogen (secondary N) is 1. The van der Waals surface area contributed by atoms with Crippen LogP contribution in [0.2, 0.25) is 0 Å². The predicted molar refractivity (Wildman–Crippen MR) is 360 cm³/mol. The van der Waals surface area contributed by atoms with E-state index in [0.29, 0.717) is 6.42 Å². The van der Waals surface area contributed by atoms with E-state index in [0.717, 1.165) is 44.9 Å². The maximum absolute atomic E-state index is 13.4. The Morgan fingerprint density at radius 1 is 0.380 bits per heavy atom. The molecule has 3 saturated heterocycles. The minimum absolute atomic E-state index is 0.249. The van der Waals surface area contributed by atoms with Gasteiger partial charge in [-0.05, 0) is 19.3 Å². The van der Waals surface area contributed by atoms with Crippen molar-refractivity contribution >= 4 is 5.91 Å². The second-order valence-corrected chi connectivity index (χ2v) is 27.5. The van der Waals surface area contributed by atoms with Gasteiger partial charge in [0.15, 0.2) is 18.9 Å². The van der Waals surface area contributed by atoms with Gasteiger partial charge in [0.1, 0.15) is 73.2 Å². The number of rotatable bonds is 60. The molecule has 19 nitrogen and oxygen atoms in total. The Kier molecular flexibility index (Phi) is 51.0. The molecule has 0 aliphatic carbocycles. The first-order chi connectivity index (χ1) is 44.8. The molecule has 12 N–H and O–H groups in total. The van der Waals surface area contributed by atoms with E-state index in [1.165, 1.54) is 244 Å². The van der Waals surface area contributed by atoms with Crippen molar-refractivity contribution in [2.75, 3.05) is 26.4 Å². The Labute approximate surface area is 556 Å². The van der Waals surface area contributed by atoms with E-state index in [4.69, 9.17) is 28.4 Å². The summed E-state index contributed by atoms with van der Waals surface area (Å²) in [5.41, 5.74) is 0. The van der Waals surface area contributed by atoms with Crippen LogP contribution in [0.15, 0.2) is 12.2 Å². The van der Waals surface area contributed by atoms with Crippen LogP contribution < -0.4 is 5.32 Å². The fourth-order valence-corrected chi connectivity index (χ4v) is 13.2. The molecule has 3 aliphatic heterocycles. The number of unbranched alkanes of at least 4 members (excludes halogenated alkanes) is 44. The molecular weight excluding hydrogens is 1180 g/mol. The molecule has 0 spiro atoms. The predicted octanol–water partition coefficient (Wildman–Crippen LogP) is 11.2. The maximum Gasteiger partial charge on any atom is 0.220 e. The number of allylic oxidation sites excluding steroid dienone is 1. The summed E-state index contributed by atoms with van der Waals surface area (Å²) in [5, 5.41) is 121. The molecule has 3 heterocycles. The Morgan fingerprint density at radius 2 is 0.674 bits per heavy atom. The van der Waals surface area contributed by atoms with Crippen LogP contribution in [-0.4, -0.2) is 193 Å². The van der Waals surface area contributed by atoms with Crippen LogP contribution in [0.25, 0.3) is 0 Å². The number of hydrogen-bond donors (Lipinski definition) is 12. The molecule has 0 aromatic carbocycles. The van der Waals surface area contributed by atoms with Gasteiger partial charge in [-0.25, -0.2) is 0 Å². The van der Waals surface area contributed by atoms with Crippen LogP contribution in [0.3, 0.4) is 0 Å². The first-order valence-corrected chi connectivity index (χ1v) is 37.9. The lowest BCUT2D eigenvalue weighted by Crippen LogP contribution is -2.66. The summed E-state index contributed by atoms with van der Waals surface area (Å²) in [6.45, 7) is 1.78. The van der Waals surface area contributed by atoms with Crippen molar-refractivity contribution in [3.8, 4) is 0 Å². The van der Waals surface area contributed by atoms with Gasteiger partial charge < -0.3 is 89.9 Å². The van der Waals surface area contributed by atoms with Gasteiger partial charge in [-0.2, -0.15) is 0 Å². The fraction of sp³-hybridized carbons (Fsp3) is 0.959. The zero-order chi connectivity index (χ0) is 66.8. The van der Waals surface area contributed by atoms with Crippen LogP contribution >= 0.6 is 0 Å². The number of carbonyl (C=O) groups excluding carboxylic acids is 1. The van der Waals surface area contributed by atoms with Gasteiger partial charge in [-0.1, -0.05) is 302 Å². The zero-order valence-electron chi connectivity index (χ0n) is 57.8. The number of hydrogen-bond acceptors (Lipinski definition) is 18. The smallest absolute Gasteiger partial charge is 0.220 e. The van der Waals surface area contributed by atoms with Gasteiger partial charge >= 0.3 is 0 Å². The standard InChI is InChI=1S/C73H139NO18/c1-3-5-7-9-11-13-15-17-19-20-21-22-23-24-25-26-27-28-29-30-31-32-33-34-35-37-38-40-42-44-46-48-50-57(78)56(74-61(79)51-49-47-45-43-41-39-36-18-16-14-12-10-8-6-4-2)55-87-71-67(85)64(82)69(59(53-76)89-71)92-73-68(86)65(83)70(60(54-77)90-73)91-72-66(84)63(81)62(80)58(52-75)88-72/h48,50,56-60,62-73,75-78,80-86H,3-47,49,51-55H2,1-2H3,(H,74,79)/b50-48+. The fourth-order valence-electron chi connectivity index (χ4n) is 13.2. The van der Waals surface area contributed by atoms with Crippen molar-refractivity contribution in [1.29, 1.82) is 0 Å². The molecule has 0 radical (unpaired) electrons. The number of carbonyl (C=O) groups is 1. The Hall–Kier alpha value is -1.47. The molecule has 92 heavy (non-hydrogen) atoms. The number of amides is 1. The highest BCUT2D eigenvalue weighted by atomic mass is 16.8. The lowest BCUT2D eigenvalue weighted by molar-refractivity contribution is -0.379. The monoisotopic (exact) mass is 1320 g/mol. The van der Waals surface area contributed by atoms with Crippen molar-refractivity contribution in [3.05, 3.63) is 12.2 Å². The lowest BCUT2D eigenvalue weighted by Gasteiger charge is -2.48. The quantitative estimate of drug-likeness (QED) is 0.0199. The number of ether oxygens (including phenoxy) is 6. The van der Waals surface area contributed by atoms with E-state index in [9.17, 15) is 61.0 Å². The first kappa shape index (κ1) is 84.8. The van der Waals surface area contributed by atoms with E-state index < -0.39 is 124 Å². The molecule has 3 aliphatic rings. The largest absolute Gasteiger partial charge is 0.394 e. The van der Waals surface area contributed by atoms with Gasteiger partial charge in [0.2, 0.25) is 5.91 Å². The summed E-state index contributed by atoms with van der Waals surface area (Å²) in [5.74, 6) is -0.270. The topological polar surface area (TPSA) is 307 Å². The second-order valence-electron chi connectivity index (χ2n) is 27.5. The molecule has 3 rings (SSSR count). The van der Waals surface area contributed by atoms with Crippen molar-refractivity contribution in [1.82, 2.24) is 5.32 Å². The maximum atomic E-state index is 13.4. The van der Waals surface area contributed by atoms with Crippen LogP contribution in [0.4, 0.5) is 0 Å². The summed E-state index contributed by atoms with van der Waals surface area (Å²) >= 11 is 0. The summed E-state index contributed by atoms with van der Waals surface area (Å²) in [6.07, 6.45) is 36.4. The van der Waals surface area contributed by atoms with Crippen molar-refractivity contribution in [2.24, 2.45) is 0 Å². The number of aliphatic hydroxyl groups excluding tert-OH is 11. The van der Waals surface area contributed by atoms with E-state index in [1.807, 2.05) is 6.08 Å². The Balaban J connectivity index is 1.36. The minimum atomic E-state index is -1.98. The summed E-state index contributed by atoms with van der Waals surface area (Å²) in [7, 11) is 0. The summed E-state index contributed by atoms with van der Waals surface area (Å²) in [6, 6.07) is -0.969. The summed E-state index contributed by atoms with van der Waals surface area (Å²) in [4.78, 5) is 13.4. The third-order valence-corrected chi connectivity index (χ3v) is 19.3. The molecule has 19 heteroatoms. The molecule has 17 unspecified atom stereocenters. The molecule has 1 amide bonds. The van der Waals surface area contributed by atoms with Crippen LogP contribution in [-0.2, 0) is 33.2 Å². The highest BCUT2D eigenvalue weighted by molar-refractivity contribution is 5.76. The molecule has 17 atom stereocenters. The lowest BCUT2D eigenvalue weighted by atomic mass is 9.96. The molecule has 0 aromatic rings. The van der Waals surface area contributed by atoms with E-state index in [-0.39, 0.29) is 18.9 Å². The average Bonchev–Trinajstić information content (AvgIpc) is 0.817. The molecule has 3 fully saturated rings. The van der Waals surface area contributed by atoms with Crippen molar-refractivity contribution in [3.63, 3.8) is 0 Å². The van der Waals surface area contributed by atoms with Gasteiger partial charge in [0.05, 0.1) is 38.6 Å². The average molecular weight is 1320 g/mol. The normalized spacial score (nSPS) is 27.7. The van der Waals surface area contributed by atoms with Gasteiger partial charge in [0, 0.05) is 6.42 Å². The molecule has 0 saturated carbocycles. The zero-order valence-corrected chi connectivity index (χ0v) is 57.8. The highest BCUT2D eigenvalue weighted by Crippen LogP contribution is 2.33. The molecule has 0 aromatic heterocycles. The van der Waals surface area contributed by atoms with Gasteiger partial charge in [-0.15, -0.1) is 0 Å². The Bertz CT molecular complexity index is 1720. The van der Waals surface area contributed by atoms with Crippen LogP contribution in [0, 0.1) is 0 Å². The van der Waals surface area contributed by atoms with Crippen LogP contribution in [0.5, 0.6) is 0 Å². The van der Waals surface area contributed by atoms with Gasteiger partial charge in [0.25, 0.3) is 0 Å². The summed E-state index contributed by atoms with van der Waals surface area (Å²) < 4.78 is 34.4. The first-order valence-electron chi connectivity index (χ1n) is 37.9. The molecular formula is C73H139NO18. The van der Waals surface area contributed by atoms with Gasteiger partial charge in [-0.3, -0.25) is 4.79 Å². The molecule has 0 bridgehead atoms. The third-order valence-electron chi connectivity index (χ3n) is 19.3. The third kappa shape index (κ3) is 36.4. The van der Waals surface area contributed by atoms with E-state index in [2.05, 4.69) is 19.2 Å². The van der Waals surface area contributed by atoms with E-state index in [1.54, 1.807) is 6.08 Å². The Morgan fingerprint density at radius 3 is 1.02 bits per heavy atom. The van der Waals surface area contributed by atoms with E-state index >= 15 is 0 Å². The highest BCUT2D eigenvalue weighted by Gasteiger charge is 2.53. The minimum Gasteiger partial charge on any atom is -0.394 e. The molecule has 544 valence electrons. The van der Waals surface area contributed by atoms with Crippen molar-refractivity contribution in [2.45, 2.75) is 420 Å². The van der Waals surface area contributed by atoms with Crippen molar-refractivity contribution < 1.29 is 89.4 Å².